The van der Waals surface area contributed by atoms with Gasteiger partial charge in [0.25, 0.3) is 5.91 Å². The lowest BCUT2D eigenvalue weighted by atomic mass is 10.2. The van der Waals surface area contributed by atoms with Gasteiger partial charge in [-0.1, -0.05) is 11.6 Å². The van der Waals surface area contributed by atoms with Gasteiger partial charge in [0.05, 0.1) is 18.2 Å². The Hall–Kier alpha value is -1.41. The molecule has 116 valence electrons. The van der Waals surface area contributed by atoms with E-state index in [4.69, 9.17) is 22.2 Å². The van der Waals surface area contributed by atoms with Gasteiger partial charge in [-0.15, -0.1) is 0 Å². The van der Waals surface area contributed by atoms with Gasteiger partial charge in [-0.25, -0.2) is 10.8 Å². The van der Waals surface area contributed by atoms with Crippen LogP contribution in [0.4, 0.5) is 5.82 Å². The van der Waals surface area contributed by atoms with Gasteiger partial charge in [0.15, 0.2) is 0 Å². The molecule has 1 unspecified atom stereocenters. The van der Waals surface area contributed by atoms with E-state index < -0.39 is 0 Å². The summed E-state index contributed by atoms with van der Waals surface area (Å²) in [4.78, 5) is 18.5. The maximum absolute atomic E-state index is 12.2. The van der Waals surface area contributed by atoms with E-state index in [9.17, 15) is 4.79 Å². The minimum Gasteiger partial charge on any atom is -0.379 e. The van der Waals surface area contributed by atoms with Crippen LogP contribution in [-0.4, -0.2) is 54.7 Å². The number of rotatable bonds is 5. The van der Waals surface area contributed by atoms with Crippen LogP contribution >= 0.6 is 11.6 Å². The van der Waals surface area contributed by atoms with Crippen LogP contribution in [0.25, 0.3) is 0 Å². The molecule has 1 aromatic heterocycles. The van der Waals surface area contributed by atoms with Crippen LogP contribution in [-0.2, 0) is 4.74 Å². The number of ether oxygens (including phenoxy) is 1. The third kappa shape index (κ3) is 4.53. The highest BCUT2D eigenvalue weighted by atomic mass is 35.5. The lowest BCUT2D eigenvalue weighted by molar-refractivity contribution is 0.0342. The Labute approximate surface area is 128 Å². The first kappa shape index (κ1) is 16.0. The average Bonchev–Trinajstić information content (AvgIpc) is 2.48. The van der Waals surface area contributed by atoms with Crippen LogP contribution in [0.15, 0.2) is 12.1 Å². The predicted octanol–water partition coefficient (Wildman–Crippen LogP) is 0.471. The number of morpholine rings is 1. The molecule has 1 aliphatic rings. The summed E-state index contributed by atoms with van der Waals surface area (Å²) >= 11 is 6.00. The Kier molecular flexibility index (Phi) is 5.75. The number of pyridine rings is 1. The highest BCUT2D eigenvalue weighted by molar-refractivity contribution is 6.33. The molecule has 1 amide bonds. The summed E-state index contributed by atoms with van der Waals surface area (Å²) in [7, 11) is 0. The summed E-state index contributed by atoms with van der Waals surface area (Å²) in [5, 5.41) is 3.20. The fourth-order valence-corrected chi connectivity index (χ4v) is 2.38. The molecule has 0 spiro atoms. The average molecular weight is 314 g/mol. The molecule has 4 N–H and O–H groups in total. The lowest BCUT2D eigenvalue weighted by Gasteiger charge is -2.29. The fourth-order valence-electron chi connectivity index (χ4n) is 2.19. The van der Waals surface area contributed by atoms with E-state index in [0.717, 1.165) is 32.8 Å². The molecule has 1 saturated heterocycles. The van der Waals surface area contributed by atoms with Crippen molar-refractivity contribution in [3.63, 3.8) is 0 Å². The quantitative estimate of drug-likeness (QED) is 0.540. The van der Waals surface area contributed by atoms with Gasteiger partial charge < -0.3 is 15.5 Å². The summed E-state index contributed by atoms with van der Waals surface area (Å²) < 4.78 is 5.30. The maximum atomic E-state index is 12.2. The Bertz CT molecular complexity index is 493. The maximum Gasteiger partial charge on any atom is 0.271 e. The molecule has 2 rings (SSSR count). The standard InChI is InChI=1S/C13H20ClN5O2/c1-9(8-19-4-6-21-7-5-19)16-13(20)12-10(14)2-3-11(17-12)18-15/h2-3,9H,4-8,15H2,1H3,(H,16,20)(H,17,18). The molecule has 0 aliphatic carbocycles. The Morgan fingerprint density at radius 3 is 2.90 bits per heavy atom. The van der Waals surface area contributed by atoms with Crippen LogP contribution in [0.5, 0.6) is 0 Å². The predicted molar refractivity (Wildman–Crippen MR) is 81.2 cm³/mol. The number of nitrogen functional groups attached to an aromatic ring is 1. The number of hydrogen-bond donors (Lipinski definition) is 3. The molecule has 1 fully saturated rings. The molecular formula is C13H20ClN5O2. The van der Waals surface area contributed by atoms with E-state index in [1.807, 2.05) is 6.92 Å². The summed E-state index contributed by atoms with van der Waals surface area (Å²) in [6, 6.07) is 3.18. The van der Waals surface area contributed by atoms with E-state index in [-0.39, 0.29) is 17.6 Å². The molecule has 1 aliphatic heterocycles. The first-order chi connectivity index (χ1) is 10.1. The monoisotopic (exact) mass is 313 g/mol. The van der Waals surface area contributed by atoms with Gasteiger partial charge in [-0.05, 0) is 19.1 Å². The topological polar surface area (TPSA) is 92.5 Å². The molecule has 1 aromatic rings. The zero-order valence-electron chi connectivity index (χ0n) is 11.9. The van der Waals surface area contributed by atoms with Gasteiger partial charge in [-0.2, -0.15) is 0 Å². The molecule has 7 nitrogen and oxygen atoms in total. The smallest absolute Gasteiger partial charge is 0.271 e. The fraction of sp³-hybridized carbons (Fsp3) is 0.538. The third-order valence-corrected chi connectivity index (χ3v) is 3.53. The number of amides is 1. The van der Waals surface area contributed by atoms with Crippen molar-refractivity contribution in [1.29, 1.82) is 0 Å². The highest BCUT2D eigenvalue weighted by Gasteiger charge is 2.18. The van der Waals surface area contributed by atoms with Crippen molar-refractivity contribution in [3.8, 4) is 0 Å². The number of hydrazine groups is 1. The van der Waals surface area contributed by atoms with Gasteiger partial charge in [0.2, 0.25) is 0 Å². The number of nitrogens with one attached hydrogen (secondary N) is 2. The van der Waals surface area contributed by atoms with Crippen molar-refractivity contribution >= 4 is 23.3 Å². The summed E-state index contributed by atoms with van der Waals surface area (Å²) in [5.74, 6) is 5.37. The number of hydrogen-bond acceptors (Lipinski definition) is 6. The summed E-state index contributed by atoms with van der Waals surface area (Å²) in [6.45, 7) is 5.95. The molecule has 0 aromatic carbocycles. The van der Waals surface area contributed by atoms with Gasteiger partial charge in [-0.3, -0.25) is 9.69 Å². The number of carbonyl (C=O) groups is 1. The van der Waals surface area contributed by atoms with Crippen molar-refractivity contribution in [2.45, 2.75) is 13.0 Å². The zero-order valence-corrected chi connectivity index (χ0v) is 12.7. The number of aromatic nitrogens is 1. The van der Waals surface area contributed by atoms with Crippen LogP contribution in [0, 0.1) is 0 Å². The van der Waals surface area contributed by atoms with E-state index in [2.05, 4.69) is 20.6 Å². The zero-order chi connectivity index (χ0) is 15.2. The number of nitrogens with two attached hydrogens (primary N) is 1. The number of carbonyl (C=O) groups excluding carboxylic acids is 1. The second-order valence-corrected chi connectivity index (χ2v) is 5.37. The third-order valence-electron chi connectivity index (χ3n) is 3.22. The lowest BCUT2D eigenvalue weighted by Crippen LogP contribution is -2.46. The Balaban J connectivity index is 1.93. The minimum atomic E-state index is -0.308. The molecule has 0 bridgehead atoms. The Morgan fingerprint density at radius 1 is 1.52 bits per heavy atom. The molecule has 8 heteroatoms. The Morgan fingerprint density at radius 2 is 2.24 bits per heavy atom. The largest absolute Gasteiger partial charge is 0.379 e. The number of nitrogens with zero attached hydrogens (tertiary/aromatic N) is 2. The minimum absolute atomic E-state index is 0.0111. The first-order valence-electron chi connectivity index (χ1n) is 6.84. The SMILES string of the molecule is CC(CN1CCOCC1)NC(=O)c1nc(NN)ccc1Cl. The summed E-state index contributed by atoms with van der Waals surface area (Å²) in [6.07, 6.45) is 0. The van der Waals surface area contributed by atoms with Crippen LogP contribution in [0.2, 0.25) is 5.02 Å². The van der Waals surface area contributed by atoms with Crippen molar-refractivity contribution in [2.75, 3.05) is 38.3 Å². The van der Waals surface area contributed by atoms with Crippen molar-refractivity contribution in [2.24, 2.45) is 5.84 Å². The normalized spacial score (nSPS) is 17.3. The van der Waals surface area contributed by atoms with Crippen LogP contribution in [0.1, 0.15) is 17.4 Å². The van der Waals surface area contributed by atoms with Crippen molar-refractivity contribution < 1.29 is 9.53 Å². The van der Waals surface area contributed by atoms with Crippen molar-refractivity contribution in [3.05, 3.63) is 22.8 Å². The molecule has 0 radical (unpaired) electrons. The van der Waals surface area contributed by atoms with Crippen LogP contribution < -0.4 is 16.6 Å². The van der Waals surface area contributed by atoms with E-state index in [1.54, 1.807) is 12.1 Å². The van der Waals surface area contributed by atoms with E-state index in [0.29, 0.717) is 10.8 Å². The first-order valence-corrected chi connectivity index (χ1v) is 7.22. The van der Waals surface area contributed by atoms with E-state index in [1.165, 1.54) is 0 Å². The highest BCUT2D eigenvalue weighted by Crippen LogP contribution is 2.16. The van der Waals surface area contributed by atoms with Gasteiger partial charge in [0.1, 0.15) is 11.5 Å². The number of anilines is 1. The van der Waals surface area contributed by atoms with Gasteiger partial charge in [0, 0.05) is 25.7 Å². The molecule has 0 saturated carbocycles. The van der Waals surface area contributed by atoms with Gasteiger partial charge >= 0.3 is 0 Å². The van der Waals surface area contributed by atoms with E-state index >= 15 is 0 Å². The summed E-state index contributed by atoms with van der Waals surface area (Å²) in [5.41, 5.74) is 2.56. The molecule has 2 heterocycles. The van der Waals surface area contributed by atoms with Crippen molar-refractivity contribution in [1.82, 2.24) is 15.2 Å². The molecular weight excluding hydrogens is 294 g/mol. The molecule has 1 atom stereocenters. The molecule has 21 heavy (non-hydrogen) atoms. The second kappa shape index (κ2) is 7.56. The second-order valence-electron chi connectivity index (χ2n) is 4.96. The number of halogens is 1. The van der Waals surface area contributed by atoms with Crippen LogP contribution in [0.3, 0.4) is 0 Å².